The lowest BCUT2D eigenvalue weighted by Crippen LogP contribution is -2.40. The molecule has 2 aromatic heterocycles. The number of nitrogens with one attached hydrogen (secondary N) is 1. The van der Waals surface area contributed by atoms with Crippen LogP contribution in [0.15, 0.2) is 6.33 Å². The number of aromatic nitrogens is 4. The smallest absolute Gasteiger partial charge is 0.363 e. The minimum Gasteiger partial charge on any atom is -0.389 e. The van der Waals surface area contributed by atoms with E-state index in [9.17, 15) is 24.3 Å². The van der Waals surface area contributed by atoms with Gasteiger partial charge in [0.25, 0.3) is 5.91 Å². The number of imidazole rings is 1. The van der Waals surface area contributed by atoms with Gasteiger partial charge in [-0.1, -0.05) is 19.8 Å². The van der Waals surface area contributed by atoms with Gasteiger partial charge in [0.15, 0.2) is 17.7 Å². The van der Waals surface area contributed by atoms with Gasteiger partial charge < -0.3 is 35.4 Å². The van der Waals surface area contributed by atoms with Gasteiger partial charge in [-0.3, -0.25) is 13.9 Å². The van der Waals surface area contributed by atoms with E-state index >= 15 is 0 Å². The number of amides is 1. The van der Waals surface area contributed by atoms with Crippen LogP contribution in [0, 0.1) is 24.2 Å². The number of aliphatic hydroxyl groups excluding tert-OH is 1. The maximum absolute atomic E-state index is 12.2. The Bertz CT molecular complexity index is 1120. The van der Waals surface area contributed by atoms with Crippen molar-refractivity contribution in [1.29, 1.82) is 0 Å². The van der Waals surface area contributed by atoms with Gasteiger partial charge in [0.2, 0.25) is 11.1 Å². The Balaban J connectivity index is 1.80. The largest absolute Gasteiger partial charge is 0.389 e. The van der Waals surface area contributed by atoms with Crippen LogP contribution >= 0.6 is 19.2 Å². The van der Waals surface area contributed by atoms with E-state index in [2.05, 4.69) is 26.2 Å². The number of rotatable bonds is 8. The first-order valence-electron chi connectivity index (χ1n) is 9.83. The minimum atomic E-state index is -4.97. The highest BCUT2D eigenvalue weighted by atomic mass is 35.5. The summed E-state index contributed by atoms with van der Waals surface area (Å²) in [5, 5.41) is 13.0. The number of hydrogen-bond acceptors (Lipinski definition) is 9. The van der Waals surface area contributed by atoms with Crippen molar-refractivity contribution in [3.63, 3.8) is 0 Å². The molecule has 6 N–H and O–H groups in total. The highest BCUT2D eigenvalue weighted by Crippen LogP contribution is 2.43. The van der Waals surface area contributed by atoms with Gasteiger partial charge in [0.1, 0.15) is 17.7 Å². The summed E-state index contributed by atoms with van der Waals surface area (Å²) in [6.07, 6.45) is 3.55. The van der Waals surface area contributed by atoms with Gasteiger partial charge in [0, 0.05) is 6.54 Å². The zero-order valence-corrected chi connectivity index (χ0v) is 19.3. The summed E-state index contributed by atoms with van der Waals surface area (Å²) in [7, 11) is -4.97. The van der Waals surface area contributed by atoms with Gasteiger partial charge in [-0.2, -0.15) is 9.97 Å². The van der Waals surface area contributed by atoms with E-state index in [0.29, 0.717) is 0 Å². The standard InChI is InChI=1S/C18H24ClN6O7P/c1-4-9-12(26)10(6-31-17(33(28,29)30)15(27)21-5-8(2)3)32-16(9)25-7-22-11-13(20)23-18(19)24-14(11)25/h1,7-10,12,16-17,26H,5-6H2,2-3H3,(H,21,27)(H2,20,23,24)(H2,28,29,30). The summed E-state index contributed by atoms with van der Waals surface area (Å²) in [6.45, 7) is 3.32. The molecule has 0 aromatic carbocycles. The first-order valence-corrected chi connectivity index (χ1v) is 11.9. The second-order valence-corrected chi connectivity index (χ2v) is 9.85. The maximum atomic E-state index is 12.2. The number of nitrogen functional groups attached to an aromatic ring is 1. The summed E-state index contributed by atoms with van der Waals surface area (Å²) in [5.41, 5.74) is 6.27. The van der Waals surface area contributed by atoms with Gasteiger partial charge in [-0.25, -0.2) is 4.98 Å². The third kappa shape index (κ3) is 5.44. The Morgan fingerprint density at radius 3 is 2.79 bits per heavy atom. The number of nitrogens with zero attached hydrogens (tertiary/aromatic N) is 4. The van der Waals surface area contributed by atoms with Crippen LogP contribution in [0.4, 0.5) is 5.82 Å². The molecule has 13 nitrogen and oxygen atoms in total. The van der Waals surface area contributed by atoms with Crippen LogP contribution in [0.5, 0.6) is 0 Å². The highest BCUT2D eigenvalue weighted by Gasteiger charge is 2.46. The molecule has 5 atom stereocenters. The molecule has 1 fully saturated rings. The van der Waals surface area contributed by atoms with E-state index in [1.807, 2.05) is 13.8 Å². The number of hydrogen-bond donors (Lipinski definition) is 5. The molecule has 2 aromatic rings. The fraction of sp³-hybridized carbons (Fsp3) is 0.556. The average Bonchev–Trinajstić information content (AvgIpc) is 3.26. The molecule has 1 aliphatic heterocycles. The molecular formula is C18H24ClN6O7P. The molecule has 3 heterocycles. The molecule has 15 heteroatoms. The molecule has 180 valence electrons. The van der Waals surface area contributed by atoms with E-state index in [-0.39, 0.29) is 34.7 Å². The highest BCUT2D eigenvalue weighted by molar-refractivity contribution is 7.53. The number of anilines is 1. The summed E-state index contributed by atoms with van der Waals surface area (Å²) in [4.78, 5) is 43.4. The van der Waals surface area contributed by atoms with Crippen molar-refractivity contribution in [2.24, 2.45) is 11.8 Å². The number of fused-ring (bicyclic) bond motifs is 1. The molecule has 5 unspecified atom stereocenters. The van der Waals surface area contributed by atoms with Gasteiger partial charge in [-0.15, -0.1) is 6.42 Å². The first-order chi connectivity index (χ1) is 15.4. The SMILES string of the molecule is C#CC1C(O)C(COC(C(=O)NCC(C)C)P(=O)(O)O)OC1n1cnc2c(N)nc(Cl)nc21. The molecule has 1 aliphatic rings. The second kappa shape index (κ2) is 9.90. The van der Waals surface area contributed by atoms with Crippen molar-refractivity contribution < 1.29 is 33.7 Å². The van der Waals surface area contributed by atoms with Crippen molar-refractivity contribution >= 4 is 42.1 Å². The normalized spacial score (nSPS) is 24.2. The zero-order chi connectivity index (χ0) is 24.5. The van der Waals surface area contributed by atoms with Crippen molar-refractivity contribution in [3.8, 4) is 12.3 Å². The van der Waals surface area contributed by atoms with Gasteiger partial charge in [0.05, 0.1) is 18.9 Å². The van der Waals surface area contributed by atoms with Crippen LogP contribution in [0.25, 0.3) is 11.2 Å². The van der Waals surface area contributed by atoms with Crippen LogP contribution in [-0.2, 0) is 18.8 Å². The number of aliphatic hydroxyl groups is 1. The number of halogens is 1. The molecule has 0 saturated carbocycles. The summed E-state index contributed by atoms with van der Waals surface area (Å²) < 4.78 is 24.3. The summed E-state index contributed by atoms with van der Waals surface area (Å²) >= 11 is 5.88. The lowest BCUT2D eigenvalue weighted by atomic mass is 10.0. The monoisotopic (exact) mass is 502 g/mol. The molecule has 0 spiro atoms. The van der Waals surface area contributed by atoms with E-state index in [4.69, 9.17) is 33.2 Å². The molecule has 33 heavy (non-hydrogen) atoms. The van der Waals surface area contributed by atoms with E-state index in [1.165, 1.54) is 10.9 Å². The molecular weight excluding hydrogens is 479 g/mol. The van der Waals surface area contributed by atoms with E-state index < -0.39 is 50.3 Å². The lowest BCUT2D eigenvalue weighted by molar-refractivity contribution is -0.132. The molecule has 1 saturated heterocycles. The Labute approximate surface area is 193 Å². The lowest BCUT2D eigenvalue weighted by Gasteiger charge is -2.22. The van der Waals surface area contributed by atoms with E-state index in [1.54, 1.807) is 0 Å². The molecule has 1 amide bonds. The quantitative estimate of drug-likeness (QED) is 0.183. The third-order valence-corrected chi connectivity index (χ3v) is 6.05. The average molecular weight is 503 g/mol. The minimum absolute atomic E-state index is 0.0383. The number of carbonyl (C=O) groups excluding carboxylic acids is 1. The summed E-state index contributed by atoms with van der Waals surface area (Å²) in [6, 6.07) is 0. The topological polar surface area (TPSA) is 195 Å². The predicted octanol–water partition coefficient (Wildman–Crippen LogP) is -0.138. The fourth-order valence-corrected chi connectivity index (χ4v) is 4.15. The van der Waals surface area contributed by atoms with Crippen LogP contribution < -0.4 is 11.1 Å². The predicted molar refractivity (Wildman–Crippen MR) is 117 cm³/mol. The zero-order valence-electron chi connectivity index (χ0n) is 17.7. The number of nitrogens with two attached hydrogens (primary N) is 1. The number of carbonyl (C=O) groups is 1. The van der Waals surface area contributed by atoms with E-state index in [0.717, 1.165) is 0 Å². The van der Waals surface area contributed by atoms with Crippen LogP contribution in [0.2, 0.25) is 5.28 Å². The molecule has 0 aliphatic carbocycles. The van der Waals surface area contributed by atoms with Crippen molar-refractivity contribution in [2.45, 2.75) is 38.1 Å². The van der Waals surface area contributed by atoms with Gasteiger partial charge in [-0.05, 0) is 17.5 Å². The fourth-order valence-electron chi connectivity index (χ4n) is 3.30. The Hall–Kier alpha value is -2.30. The Kier molecular flexibility index (Phi) is 7.60. The number of ether oxygens (including phenoxy) is 2. The van der Waals surface area contributed by atoms with Crippen molar-refractivity contribution in [1.82, 2.24) is 24.8 Å². The van der Waals surface area contributed by atoms with Crippen LogP contribution in [-0.4, -0.2) is 71.5 Å². The second-order valence-electron chi connectivity index (χ2n) is 7.86. The third-order valence-electron chi connectivity index (χ3n) is 4.89. The van der Waals surface area contributed by atoms with Gasteiger partial charge >= 0.3 is 7.60 Å². The molecule has 0 bridgehead atoms. The van der Waals surface area contributed by atoms with Crippen LogP contribution in [0.1, 0.15) is 20.1 Å². The van der Waals surface area contributed by atoms with Crippen molar-refractivity contribution in [3.05, 3.63) is 11.6 Å². The van der Waals surface area contributed by atoms with Crippen molar-refractivity contribution in [2.75, 3.05) is 18.9 Å². The maximum Gasteiger partial charge on any atom is 0.363 e. The Morgan fingerprint density at radius 2 is 2.18 bits per heavy atom. The number of terminal acetylenes is 1. The Morgan fingerprint density at radius 1 is 1.48 bits per heavy atom. The molecule has 0 radical (unpaired) electrons. The van der Waals surface area contributed by atoms with Crippen LogP contribution in [0.3, 0.4) is 0 Å². The molecule has 3 rings (SSSR count). The summed E-state index contributed by atoms with van der Waals surface area (Å²) in [5.74, 6) is -1.43. The first kappa shape index (κ1) is 25.3.